The average Bonchev–Trinajstić information content (AvgIpc) is 2.97. The van der Waals surface area contributed by atoms with E-state index >= 15 is 0 Å². The van der Waals surface area contributed by atoms with Crippen LogP contribution in [0.2, 0.25) is 10.0 Å². The van der Waals surface area contributed by atoms with Crippen molar-refractivity contribution in [2.24, 2.45) is 0 Å². The van der Waals surface area contributed by atoms with Gasteiger partial charge in [-0.2, -0.15) is 4.52 Å². The Bertz CT molecular complexity index is 958. The summed E-state index contributed by atoms with van der Waals surface area (Å²) in [6.07, 6.45) is 0.892. The molecule has 3 aromatic rings. The Balaban J connectivity index is 1.73. The molecule has 3 heterocycles. The van der Waals surface area contributed by atoms with Crippen molar-refractivity contribution < 1.29 is 0 Å². The van der Waals surface area contributed by atoms with Crippen LogP contribution >= 0.6 is 23.2 Å². The Kier molecular flexibility index (Phi) is 3.89. The standard InChI is InChI=1S/C18H19Cl2N5/c1-18(2,3)17-22-21-15-4-5-16(23-25(15)17)24-7-6-11-8-12(19)9-14(20)13(11)10-24/h4-5,8-9H,6-7,10H2,1-3H3. The molecule has 0 N–H and O–H groups in total. The van der Waals surface area contributed by atoms with Crippen LogP contribution in [0.5, 0.6) is 0 Å². The lowest BCUT2D eigenvalue weighted by Crippen LogP contribution is -2.32. The molecule has 0 fully saturated rings. The first kappa shape index (κ1) is 16.6. The minimum atomic E-state index is -0.125. The van der Waals surface area contributed by atoms with Gasteiger partial charge in [-0.15, -0.1) is 15.3 Å². The second-order valence-electron chi connectivity index (χ2n) is 7.43. The van der Waals surface area contributed by atoms with Gasteiger partial charge in [0.25, 0.3) is 0 Å². The summed E-state index contributed by atoms with van der Waals surface area (Å²) in [5, 5.41) is 14.7. The third-order valence-electron chi connectivity index (χ3n) is 4.50. The summed E-state index contributed by atoms with van der Waals surface area (Å²) in [6.45, 7) is 7.92. The third-order valence-corrected chi connectivity index (χ3v) is 5.05. The van der Waals surface area contributed by atoms with Crippen molar-refractivity contribution in [2.45, 2.75) is 39.2 Å². The fourth-order valence-electron chi connectivity index (χ4n) is 3.19. The van der Waals surface area contributed by atoms with Crippen LogP contribution < -0.4 is 4.90 Å². The topological polar surface area (TPSA) is 46.3 Å². The van der Waals surface area contributed by atoms with Crippen molar-refractivity contribution in [3.05, 3.63) is 51.3 Å². The fourth-order valence-corrected chi connectivity index (χ4v) is 3.79. The molecule has 0 spiro atoms. The van der Waals surface area contributed by atoms with Crippen LogP contribution in [-0.2, 0) is 18.4 Å². The molecule has 0 bridgehead atoms. The fraction of sp³-hybridized carbons (Fsp3) is 0.389. The molecule has 25 heavy (non-hydrogen) atoms. The number of halogens is 2. The summed E-state index contributed by atoms with van der Waals surface area (Å²) >= 11 is 12.5. The molecular formula is C18H19Cl2N5. The zero-order chi connectivity index (χ0) is 17.8. The molecule has 130 valence electrons. The normalized spacial score (nSPS) is 14.8. The number of aromatic nitrogens is 4. The Hall–Kier alpha value is -1.85. The van der Waals surface area contributed by atoms with E-state index in [-0.39, 0.29) is 5.41 Å². The lowest BCUT2D eigenvalue weighted by atomic mass is 9.96. The zero-order valence-electron chi connectivity index (χ0n) is 14.4. The van der Waals surface area contributed by atoms with Crippen LogP contribution in [0.25, 0.3) is 5.65 Å². The molecule has 0 radical (unpaired) electrons. The van der Waals surface area contributed by atoms with Gasteiger partial charge in [0.15, 0.2) is 11.5 Å². The molecule has 0 saturated carbocycles. The van der Waals surface area contributed by atoms with Gasteiger partial charge < -0.3 is 4.90 Å². The highest BCUT2D eigenvalue weighted by molar-refractivity contribution is 6.35. The van der Waals surface area contributed by atoms with Gasteiger partial charge in [-0.3, -0.25) is 0 Å². The first-order valence-electron chi connectivity index (χ1n) is 8.27. The van der Waals surface area contributed by atoms with Gasteiger partial charge in [-0.05, 0) is 41.8 Å². The smallest absolute Gasteiger partial charge is 0.178 e. The first-order chi connectivity index (χ1) is 11.8. The van der Waals surface area contributed by atoms with Crippen LogP contribution in [0.4, 0.5) is 5.82 Å². The number of rotatable bonds is 1. The van der Waals surface area contributed by atoms with E-state index in [1.54, 1.807) is 6.07 Å². The van der Waals surface area contributed by atoms with Crippen LogP contribution in [0, 0.1) is 0 Å². The molecule has 7 heteroatoms. The van der Waals surface area contributed by atoms with E-state index in [9.17, 15) is 0 Å². The highest BCUT2D eigenvalue weighted by Gasteiger charge is 2.24. The van der Waals surface area contributed by atoms with E-state index in [0.717, 1.165) is 42.4 Å². The average molecular weight is 376 g/mol. The molecule has 0 amide bonds. The van der Waals surface area contributed by atoms with Gasteiger partial charge in [0.1, 0.15) is 5.82 Å². The van der Waals surface area contributed by atoms with Gasteiger partial charge >= 0.3 is 0 Å². The lowest BCUT2D eigenvalue weighted by Gasteiger charge is -2.30. The van der Waals surface area contributed by atoms with Gasteiger partial charge in [-0.25, -0.2) is 0 Å². The van der Waals surface area contributed by atoms with Gasteiger partial charge in [0, 0.05) is 28.5 Å². The summed E-state index contributed by atoms with van der Waals surface area (Å²) in [5.41, 5.74) is 2.98. The Labute approximate surface area is 156 Å². The van der Waals surface area contributed by atoms with Gasteiger partial charge in [0.05, 0.1) is 0 Å². The molecule has 0 saturated heterocycles. The van der Waals surface area contributed by atoms with E-state index < -0.39 is 0 Å². The lowest BCUT2D eigenvalue weighted by molar-refractivity contribution is 0.525. The Morgan fingerprint density at radius 3 is 2.64 bits per heavy atom. The minimum Gasteiger partial charge on any atom is -0.350 e. The molecule has 1 aliphatic rings. The SMILES string of the molecule is CC(C)(C)c1nnc2ccc(N3CCc4cc(Cl)cc(Cl)c4C3)nn12. The number of benzene rings is 1. The number of anilines is 1. The monoisotopic (exact) mass is 375 g/mol. The van der Waals surface area contributed by atoms with Crippen molar-refractivity contribution >= 4 is 34.7 Å². The molecule has 1 aliphatic heterocycles. The molecule has 0 unspecified atom stereocenters. The van der Waals surface area contributed by atoms with E-state index in [0.29, 0.717) is 10.0 Å². The third kappa shape index (κ3) is 2.96. The zero-order valence-corrected chi connectivity index (χ0v) is 15.9. The number of fused-ring (bicyclic) bond motifs is 2. The molecule has 4 rings (SSSR count). The quantitative estimate of drug-likeness (QED) is 0.636. The summed E-state index contributed by atoms with van der Waals surface area (Å²) in [5.74, 6) is 1.75. The van der Waals surface area contributed by atoms with E-state index in [1.807, 2.05) is 22.7 Å². The second-order valence-corrected chi connectivity index (χ2v) is 8.28. The minimum absolute atomic E-state index is 0.125. The van der Waals surface area contributed by atoms with Crippen molar-refractivity contribution in [3.63, 3.8) is 0 Å². The molecule has 0 aliphatic carbocycles. The largest absolute Gasteiger partial charge is 0.350 e. The maximum atomic E-state index is 6.41. The predicted molar refractivity (Wildman–Crippen MR) is 101 cm³/mol. The number of hydrogen-bond acceptors (Lipinski definition) is 4. The maximum Gasteiger partial charge on any atom is 0.178 e. The Morgan fingerprint density at radius 2 is 1.88 bits per heavy atom. The van der Waals surface area contributed by atoms with Crippen LogP contribution in [-0.4, -0.2) is 26.4 Å². The number of nitrogens with zero attached hydrogens (tertiary/aromatic N) is 5. The molecule has 2 aromatic heterocycles. The maximum absolute atomic E-state index is 6.41. The highest BCUT2D eigenvalue weighted by atomic mass is 35.5. The summed E-state index contributed by atoms with van der Waals surface area (Å²) in [7, 11) is 0. The van der Waals surface area contributed by atoms with E-state index in [1.165, 1.54) is 5.56 Å². The van der Waals surface area contributed by atoms with Crippen molar-refractivity contribution in [3.8, 4) is 0 Å². The van der Waals surface area contributed by atoms with E-state index in [2.05, 4.69) is 35.9 Å². The summed E-state index contributed by atoms with van der Waals surface area (Å²) in [6, 6.07) is 7.77. The summed E-state index contributed by atoms with van der Waals surface area (Å²) < 4.78 is 1.84. The second kappa shape index (κ2) is 5.85. The molecule has 0 atom stereocenters. The van der Waals surface area contributed by atoms with Crippen LogP contribution in [0.15, 0.2) is 24.3 Å². The predicted octanol–water partition coefficient (Wildman–Crippen LogP) is 4.29. The van der Waals surface area contributed by atoms with Crippen molar-refractivity contribution in [1.29, 1.82) is 0 Å². The van der Waals surface area contributed by atoms with Crippen LogP contribution in [0.1, 0.15) is 37.7 Å². The van der Waals surface area contributed by atoms with Crippen LogP contribution in [0.3, 0.4) is 0 Å². The molecule has 5 nitrogen and oxygen atoms in total. The van der Waals surface area contributed by atoms with Gasteiger partial charge in [-0.1, -0.05) is 44.0 Å². The molecule has 1 aromatic carbocycles. The first-order valence-corrected chi connectivity index (χ1v) is 9.03. The Morgan fingerprint density at radius 1 is 1.08 bits per heavy atom. The summed E-state index contributed by atoms with van der Waals surface area (Å²) in [4.78, 5) is 2.23. The molecular weight excluding hydrogens is 357 g/mol. The highest BCUT2D eigenvalue weighted by Crippen LogP contribution is 2.31. The van der Waals surface area contributed by atoms with Crippen molar-refractivity contribution in [1.82, 2.24) is 19.8 Å². The van der Waals surface area contributed by atoms with E-state index in [4.69, 9.17) is 28.3 Å². The number of hydrogen-bond donors (Lipinski definition) is 0. The van der Waals surface area contributed by atoms with Gasteiger partial charge in [0.2, 0.25) is 0 Å². The van der Waals surface area contributed by atoms with Crippen molar-refractivity contribution in [2.75, 3.05) is 11.4 Å².